The van der Waals surface area contributed by atoms with Gasteiger partial charge in [-0.2, -0.15) is 5.10 Å². The first-order valence-corrected chi connectivity index (χ1v) is 6.69. The molecule has 2 atom stereocenters. The van der Waals surface area contributed by atoms with Crippen LogP contribution in [0.4, 0.5) is 5.82 Å². The molecular formula is C13H17N5. The van der Waals surface area contributed by atoms with Gasteiger partial charge in [0.05, 0.1) is 6.20 Å². The van der Waals surface area contributed by atoms with Crippen LogP contribution in [0, 0.1) is 5.92 Å². The van der Waals surface area contributed by atoms with Crippen molar-refractivity contribution in [2.45, 2.75) is 18.9 Å². The second-order valence-corrected chi connectivity index (χ2v) is 5.24. The third-order valence-electron chi connectivity index (χ3n) is 4.22. The van der Waals surface area contributed by atoms with E-state index in [0.29, 0.717) is 6.04 Å². The lowest BCUT2D eigenvalue weighted by molar-refractivity contribution is 0.383. The Kier molecular flexibility index (Phi) is 2.26. The topological polar surface area (TPSA) is 45.5 Å². The molecular weight excluding hydrogens is 226 g/mol. The molecule has 2 aromatic rings. The fourth-order valence-electron chi connectivity index (χ4n) is 3.32. The molecule has 0 spiro atoms. The number of piperidine rings is 1. The second-order valence-electron chi connectivity index (χ2n) is 5.24. The number of rotatable bonds is 1. The van der Waals surface area contributed by atoms with E-state index in [1.165, 1.54) is 12.8 Å². The Morgan fingerprint density at radius 1 is 1.28 bits per heavy atom. The molecule has 0 bridgehead atoms. The molecule has 4 rings (SSSR count). The molecule has 1 N–H and O–H groups in total. The Hall–Kier alpha value is -1.62. The first-order chi connectivity index (χ1) is 8.92. The lowest BCUT2D eigenvalue weighted by Crippen LogP contribution is -2.45. The minimum Gasteiger partial charge on any atom is -0.352 e. The summed E-state index contributed by atoms with van der Waals surface area (Å²) in [7, 11) is 0. The summed E-state index contributed by atoms with van der Waals surface area (Å²) in [5.41, 5.74) is 0.931. The van der Waals surface area contributed by atoms with Gasteiger partial charge >= 0.3 is 0 Å². The standard InChI is InChI=1S/C13H17N5/c1-2-10-8-14-9-11(10)17(6-1)12-4-7-18-13(16-12)3-5-15-18/h3-5,7,10-11,14H,1-2,6,8-9H2. The van der Waals surface area contributed by atoms with E-state index >= 15 is 0 Å². The largest absolute Gasteiger partial charge is 0.352 e. The lowest BCUT2D eigenvalue weighted by Gasteiger charge is -2.37. The van der Waals surface area contributed by atoms with Crippen molar-refractivity contribution in [1.82, 2.24) is 19.9 Å². The summed E-state index contributed by atoms with van der Waals surface area (Å²) in [5, 5.41) is 7.70. The first kappa shape index (κ1) is 10.3. The van der Waals surface area contributed by atoms with E-state index in [2.05, 4.69) is 21.4 Å². The fourth-order valence-corrected chi connectivity index (χ4v) is 3.32. The van der Waals surface area contributed by atoms with E-state index in [-0.39, 0.29) is 0 Å². The highest BCUT2D eigenvalue weighted by molar-refractivity contribution is 5.48. The van der Waals surface area contributed by atoms with Crippen molar-refractivity contribution in [2.24, 2.45) is 5.92 Å². The van der Waals surface area contributed by atoms with E-state index in [9.17, 15) is 0 Å². The number of fused-ring (bicyclic) bond motifs is 2. The van der Waals surface area contributed by atoms with Gasteiger partial charge in [-0.15, -0.1) is 0 Å². The van der Waals surface area contributed by atoms with E-state index in [1.54, 1.807) is 6.20 Å². The second kappa shape index (κ2) is 3.95. The monoisotopic (exact) mass is 243 g/mol. The summed E-state index contributed by atoms with van der Waals surface area (Å²) < 4.78 is 1.82. The van der Waals surface area contributed by atoms with Gasteiger partial charge in [0.2, 0.25) is 0 Å². The third-order valence-corrected chi connectivity index (χ3v) is 4.22. The van der Waals surface area contributed by atoms with E-state index in [1.807, 2.05) is 16.8 Å². The minimum absolute atomic E-state index is 0.622. The highest BCUT2D eigenvalue weighted by Crippen LogP contribution is 2.29. The summed E-state index contributed by atoms with van der Waals surface area (Å²) in [4.78, 5) is 7.19. The van der Waals surface area contributed by atoms with Gasteiger partial charge in [-0.1, -0.05) is 0 Å². The van der Waals surface area contributed by atoms with Crippen molar-refractivity contribution in [3.63, 3.8) is 0 Å². The number of hydrogen-bond acceptors (Lipinski definition) is 4. The third kappa shape index (κ3) is 1.50. The van der Waals surface area contributed by atoms with Crippen molar-refractivity contribution < 1.29 is 0 Å². The smallest absolute Gasteiger partial charge is 0.157 e. The maximum Gasteiger partial charge on any atom is 0.157 e. The first-order valence-electron chi connectivity index (χ1n) is 6.69. The van der Waals surface area contributed by atoms with Crippen molar-refractivity contribution in [3.05, 3.63) is 24.5 Å². The van der Waals surface area contributed by atoms with E-state index in [4.69, 9.17) is 4.98 Å². The zero-order valence-corrected chi connectivity index (χ0v) is 10.3. The molecule has 0 aromatic carbocycles. The molecule has 18 heavy (non-hydrogen) atoms. The fraction of sp³-hybridized carbons (Fsp3) is 0.538. The molecule has 0 aliphatic carbocycles. The zero-order chi connectivity index (χ0) is 11.9. The van der Waals surface area contributed by atoms with Crippen molar-refractivity contribution in [2.75, 3.05) is 24.5 Å². The lowest BCUT2D eigenvalue weighted by atomic mass is 9.92. The van der Waals surface area contributed by atoms with Crippen LogP contribution in [-0.4, -0.2) is 40.3 Å². The minimum atomic E-state index is 0.622. The Balaban J connectivity index is 1.72. The van der Waals surface area contributed by atoms with Crippen LogP contribution in [0.1, 0.15) is 12.8 Å². The summed E-state index contributed by atoms with van der Waals surface area (Å²) in [5.74, 6) is 1.89. The molecule has 0 radical (unpaired) electrons. The number of aromatic nitrogens is 3. The number of nitrogens with one attached hydrogen (secondary N) is 1. The number of hydrogen-bond donors (Lipinski definition) is 1. The van der Waals surface area contributed by atoms with Gasteiger partial charge in [0.1, 0.15) is 5.82 Å². The quantitative estimate of drug-likeness (QED) is 0.809. The zero-order valence-electron chi connectivity index (χ0n) is 10.3. The van der Waals surface area contributed by atoms with Gasteiger partial charge in [-0.25, -0.2) is 9.50 Å². The van der Waals surface area contributed by atoms with Gasteiger partial charge in [0.15, 0.2) is 5.65 Å². The molecule has 5 heteroatoms. The van der Waals surface area contributed by atoms with Crippen LogP contribution in [0.25, 0.3) is 5.65 Å². The van der Waals surface area contributed by atoms with Crippen LogP contribution in [-0.2, 0) is 0 Å². The number of nitrogens with zero attached hydrogens (tertiary/aromatic N) is 4. The van der Waals surface area contributed by atoms with Crippen LogP contribution in [0.2, 0.25) is 0 Å². The van der Waals surface area contributed by atoms with Gasteiger partial charge < -0.3 is 10.2 Å². The Morgan fingerprint density at radius 3 is 3.28 bits per heavy atom. The predicted octanol–water partition coefficient (Wildman–Crippen LogP) is 0.917. The molecule has 2 aromatic heterocycles. The molecule has 0 amide bonds. The maximum absolute atomic E-state index is 4.72. The molecule has 2 fully saturated rings. The molecule has 5 nitrogen and oxygen atoms in total. The predicted molar refractivity (Wildman–Crippen MR) is 69.7 cm³/mol. The molecule has 2 aliphatic heterocycles. The highest BCUT2D eigenvalue weighted by Gasteiger charge is 2.35. The van der Waals surface area contributed by atoms with Crippen LogP contribution in [0.5, 0.6) is 0 Å². The average molecular weight is 243 g/mol. The molecule has 2 unspecified atom stereocenters. The summed E-state index contributed by atoms with van der Waals surface area (Å²) in [6.07, 6.45) is 6.42. The summed E-state index contributed by atoms with van der Waals surface area (Å²) in [6.45, 7) is 3.38. The van der Waals surface area contributed by atoms with Crippen molar-refractivity contribution >= 4 is 11.5 Å². The van der Waals surface area contributed by atoms with Crippen molar-refractivity contribution in [1.29, 1.82) is 0 Å². The van der Waals surface area contributed by atoms with Gasteiger partial charge in [-0.05, 0) is 24.8 Å². The normalized spacial score (nSPS) is 27.7. The Morgan fingerprint density at radius 2 is 2.28 bits per heavy atom. The Labute approximate surface area is 106 Å². The SMILES string of the molecule is c1cc2nc(N3CCCC4CNCC43)ccn2n1. The molecule has 4 heterocycles. The van der Waals surface area contributed by atoms with E-state index in [0.717, 1.165) is 37.0 Å². The maximum atomic E-state index is 4.72. The summed E-state index contributed by atoms with van der Waals surface area (Å²) in [6, 6.07) is 4.66. The van der Waals surface area contributed by atoms with E-state index < -0.39 is 0 Å². The molecule has 94 valence electrons. The van der Waals surface area contributed by atoms with Crippen LogP contribution in [0.3, 0.4) is 0 Å². The molecule has 0 saturated carbocycles. The van der Waals surface area contributed by atoms with Crippen LogP contribution < -0.4 is 10.2 Å². The van der Waals surface area contributed by atoms with Gasteiger partial charge in [0.25, 0.3) is 0 Å². The highest BCUT2D eigenvalue weighted by atomic mass is 15.3. The van der Waals surface area contributed by atoms with Gasteiger partial charge in [-0.3, -0.25) is 0 Å². The molecule has 2 aliphatic rings. The van der Waals surface area contributed by atoms with Gasteiger partial charge in [0, 0.05) is 37.9 Å². The van der Waals surface area contributed by atoms with Crippen LogP contribution in [0.15, 0.2) is 24.5 Å². The average Bonchev–Trinajstić information content (AvgIpc) is 3.05. The van der Waals surface area contributed by atoms with Crippen LogP contribution >= 0.6 is 0 Å². The summed E-state index contributed by atoms with van der Waals surface area (Å²) >= 11 is 0. The molecule has 2 saturated heterocycles. The number of anilines is 1. The Bertz CT molecular complexity index is 563. The van der Waals surface area contributed by atoms with Crippen molar-refractivity contribution in [3.8, 4) is 0 Å².